The molecule has 1 aliphatic heterocycles. The van der Waals surface area contributed by atoms with Gasteiger partial charge >= 0.3 is 0 Å². The van der Waals surface area contributed by atoms with Crippen molar-refractivity contribution in [3.63, 3.8) is 0 Å². The molecule has 1 nitrogen and oxygen atoms in total. The van der Waals surface area contributed by atoms with Gasteiger partial charge in [0.1, 0.15) is 0 Å². The summed E-state index contributed by atoms with van der Waals surface area (Å²) in [6.45, 7) is 4.60. The van der Waals surface area contributed by atoms with Gasteiger partial charge in [0.25, 0.3) is 0 Å². The zero-order valence-corrected chi connectivity index (χ0v) is 10.5. The molecule has 0 radical (unpaired) electrons. The van der Waals surface area contributed by atoms with E-state index in [9.17, 15) is 0 Å². The summed E-state index contributed by atoms with van der Waals surface area (Å²) in [6.07, 6.45) is 2.58. The average molecular weight is 219 g/mol. The molecule has 13 heavy (non-hydrogen) atoms. The van der Waals surface area contributed by atoms with Crippen LogP contribution in [-0.2, 0) is 0 Å². The number of nitrogens with one attached hydrogen (secondary N) is 1. The van der Waals surface area contributed by atoms with Crippen LogP contribution in [0.4, 0.5) is 0 Å². The molecule has 0 amide bonds. The minimum absolute atomic E-state index is 0.711. The molecule has 0 aromatic heterocycles. The van der Waals surface area contributed by atoms with Crippen molar-refractivity contribution in [2.24, 2.45) is 0 Å². The Kier molecular flexibility index (Phi) is 5.60. The standard InChI is InChI=1S/C10H21NS2/c1-4-8(11-3)10-9(5-2)12-6-7-13-10/h8-11H,4-7H2,1-3H3. The highest BCUT2D eigenvalue weighted by atomic mass is 32.2. The quantitative estimate of drug-likeness (QED) is 0.780. The predicted octanol–water partition coefficient (Wildman–Crippen LogP) is 2.61. The zero-order chi connectivity index (χ0) is 9.68. The van der Waals surface area contributed by atoms with Gasteiger partial charge in [-0.2, -0.15) is 23.5 Å². The van der Waals surface area contributed by atoms with Crippen LogP contribution in [0.1, 0.15) is 26.7 Å². The van der Waals surface area contributed by atoms with Gasteiger partial charge in [0, 0.05) is 28.0 Å². The van der Waals surface area contributed by atoms with Gasteiger partial charge < -0.3 is 5.32 Å². The van der Waals surface area contributed by atoms with Gasteiger partial charge in [0.15, 0.2) is 0 Å². The molecular weight excluding hydrogens is 198 g/mol. The Hall–Kier alpha value is 0.660. The second kappa shape index (κ2) is 6.20. The molecule has 0 aromatic rings. The number of hydrogen-bond donors (Lipinski definition) is 1. The Balaban J connectivity index is 2.51. The second-order valence-electron chi connectivity index (χ2n) is 3.46. The SMILES string of the molecule is CCC(NC)C1SCCSC1CC. The van der Waals surface area contributed by atoms with Crippen LogP contribution in [0.25, 0.3) is 0 Å². The first-order valence-electron chi connectivity index (χ1n) is 5.23. The fourth-order valence-corrected chi connectivity index (χ4v) is 5.31. The van der Waals surface area contributed by atoms with Crippen LogP contribution in [0.15, 0.2) is 0 Å². The van der Waals surface area contributed by atoms with Crippen LogP contribution >= 0.6 is 23.5 Å². The maximum absolute atomic E-state index is 3.45. The van der Waals surface area contributed by atoms with E-state index < -0.39 is 0 Å². The molecule has 1 N–H and O–H groups in total. The van der Waals surface area contributed by atoms with Gasteiger partial charge in [-0.25, -0.2) is 0 Å². The topological polar surface area (TPSA) is 12.0 Å². The van der Waals surface area contributed by atoms with Crippen LogP contribution in [-0.4, -0.2) is 35.1 Å². The summed E-state index contributed by atoms with van der Waals surface area (Å²) in [5, 5.41) is 5.16. The van der Waals surface area contributed by atoms with Crippen LogP contribution in [0.2, 0.25) is 0 Å². The van der Waals surface area contributed by atoms with Crippen LogP contribution in [0, 0.1) is 0 Å². The molecule has 1 rings (SSSR count). The van der Waals surface area contributed by atoms with Gasteiger partial charge in [0.05, 0.1) is 0 Å². The summed E-state index contributed by atoms with van der Waals surface area (Å²) in [5.74, 6) is 2.68. The summed E-state index contributed by atoms with van der Waals surface area (Å²) in [5.41, 5.74) is 0. The maximum Gasteiger partial charge on any atom is 0.0319 e. The van der Waals surface area contributed by atoms with Crippen molar-refractivity contribution in [3.05, 3.63) is 0 Å². The fourth-order valence-electron chi connectivity index (χ4n) is 1.91. The van der Waals surface area contributed by atoms with Crippen LogP contribution in [0.5, 0.6) is 0 Å². The van der Waals surface area contributed by atoms with E-state index in [0.29, 0.717) is 6.04 Å². The molecule has 1 aliphatic rings. The Morgan fingerprint density at radius 3 is 2.54 bits per heavy atom. The van der Waals surface area contributed by atoms with Gasteiger partial charge in [0.2, 0.25) is 0 Å². The Morgan fingerprint density at radius 1 is 1.31 bits per heavy atom. The lowest BCUT2D eigenvalue weighted by molar-refractivity contribution is 0.507. The lowest BCUT2D eigenvalue weighted by atomic mass is 10.1. The third-order valence-corrected chi connectivity index (χ3v) is 6.11. The van der Waals surface area contributed by atoms with Gasteiger partial charge in [-0.05, 0) is 19.9 Å². The van der Waals surface area contributed by atoms with Crippen LogP contribution < -0.4 is 5.32 Å². The predicted molar refractivity (Wildman–Crippen MR) is 65.9 cm³/mol. The monoisotopic (exact) mass is 219 g/mol. The molecule has 3 heteroatoms. The molecule has 1 heterocycles. The third-order valence-electron chi connectivity index (χ3n) is 2.70. The highest BCUT2D eigenvalue weighted by Gasteiger charge is 2.29. The van der Waals surface area contributed by atoms with Crippen molar-refractivity contribution in [2.75, 3.05) is 18.6 Å². The first-order valence-corrected chi connectivity index (χ1v) is 7.33. The lowest BCUT2D eigenvalue weighted by Crippen LogP contribution is -2.43. The minimum atomic E-state index is 0.711. The summed E-state index contributed by atoms with van der Waals surface area (Å²) in [7, 11) is 2.10. The Labute approximate surface area is 90.8 Å². The van der Waals surface area contributed by atoms with Crippen molar-refractivity contribution < 1.29 is 0 Å². The number of hydrogen-bond acceptors (Lipinski definition) is 3. The van der Waals surface area contributed by atoms with E-state index in [1.165, 1.54) is 24.3 Å². The normalized spacial score (nSPS) is 31.6. The lowest BCUT2D eigenvalue weighted by Gasteiger charge is -2.35. The first-order chi connectivity index (χ1) is 6.33. The Morgan fingerprint density at radius 2 is 2.00 bits per heavy atom. The van der Waals surface area contributed by atoms with E-state index in [4.69, 9.17) is 0 Å². The molecule has 3 unspecified atom stereocenters. The van der Waals surface area contributed by atoms with Crippen molar-refractivity contribution in [1.29, 1.82) is 0 Å². The molecule has 78 valence electrons. The number of rotatable bonds is 4. The van der Waals surface area contributed by atoms with Crippen molar-refractivity contribution >= 4 is 23.5 Å². The van der Waals surface area contributed by atoms with Gasteiger partial charge in [-0.3, -0.25) is 0 Å². The molecule has 1 saturated heterocycles. The summed E-state index contributed by atoms with van der Waals surface area (Å²) in [6, 6.07) is 0.711. The highest BCUT2D eigenvalue weighted by Crippen LogP contribution is 2.35. The maximum atomic E-state index is 3.45. The summed E-state index contributed by atoms with van der Waals surface area (Å²) < 4.78 is 0. The summed E-state index contributed by atoms with van der Waals surface area (Å²) in [4.78, 5) is 0. The van der Waals surface area contributed by atoms with Gasteiger partial charge in [-0.15, -0.1) is 0 Å². The largest absolute Gasteiger partial charge is 0.316 e. The van der Waals surface area contributed by atoms with E-state index in [2.05, 4.69) is 49.7 Å². The molecule has 0 bridgehead atoms. The minimum Gasteiger partial charge on any atom is -0.316 e. The highest BCUT2D eigenvalue weighted by molar-refractivity contribution is 8.07. The van der Waals surface area contributed by atoms with E-state index in [1.54, 1.807) is 0 Å². The first kappa shape index (κ1) is 11.7. The fraction of sp³-hybridized carbons (Fsp3) is 1.00. The second-order valence-corrected chi connectivity index (χ2v) is 6.09. The molecule has 1 fully saturated rings. The molecule has 0 aliphatic carbocycles. The molecular formula is C10H21NS2. The molecule has 3 atom stereocenters. The van der Waals surface area contributed by atoms with E-state index in [-0.39, 0.29) is 0 Å². The summed E-state index contributed by atoms with van der Waals surface area (Å²) >= 11 is 4.34. The Bertz CT molecular complexity index is 129. The smallest absolute Gasteiger partial charge is 0.0319 e. The van der Waals surface area contributed by atoms with E-state index in [0.717, 1.165) is 10.5 Å². The number of thioether (sulfide) groups is 2. The van der Waals surface area contributed by atoms with Crippen molar-refractivity contribution in [3.8, 4) is 0 Å². The van der Waals surface area contributed by atoms with E-state index >= 15 is 0 Å². The molecule has 0 saturated carbocycles. The third kappa shape index (κ3) is 3.07. The van der Waals surface area contributed by atoms with Crippen molar-refractivity contribution in [1.82, 2.24) is 5.32 Å². The van der Waals surface area contributed by atoms with Gasteiger partial charge in [-0.1, -0.05) is 13.8 Å². The van der Waals surface area contributed by atoms with Crippen LogP contribution in [0.3, 0.4) is 0 Å². The van der Waals surface area contributed by atoms with Crippen molar-refractivity contribution in [2.45, 2.75) is 43.2 Å². The van der Waals surface area contributed by atoms with E-state index in [1.807, 2.05) is 0 Å². The molecule has 0 spiro atoms. The zero-order valence-electron chi connectivity index (χ0n) is 8.88. The molecule has 0 aromatic carbocycles. The average Bonchev–Trinajstić information content (AvgIpc) is 2.20.